The molecule has 0 radical (unpaired) electrons. The van der Waals surface area contributed by atoms with Crippen molar-refractivity contribution in [1.29, 1.82) is 0 Å². The van der Waals surface area contributed by atoms with E-state index in [2.05, 4.69) is 27.1 Å². The van der Waals surface area contributed by atoms with Crippen molar-refractivity contribution >= 4 is 10.8 Å². The molecule has 3 aromatic carbocycles. The fraction of sp³-hybridized carbons (Fsp3) is 0.333. The molecule has 3 aromatic rings. The van der Waals surface area contributed by atoms with E-state index < -0.39 is 6.36 Å². The minimum absolute atomic E-state index is 0.158. The Hall–Kier alpha value is -2.77. The largest absolute Gasteiger partial charge is 0.573 e. The van der Waals surface area contributed by atoms with E-state index in [1.807, 2.05) is 31.2 Å². The van der Waals surface area contributed by atoms with E-state index in [-0.39, 0.29) is 11.8 Å². The minimum atomic E-state index is -4.71. The normalized spacial score (nSPS) is 16.3. The van der Waals surface area contributed by atoms with Crippen LogP contribution in [-0.2, 0) is 0 Å². The van der Waals surface area contributed by atoms with Crippen molar-refractivity contribution in [3.63, 3.8) is 0 Å². The molecule has 0 saturated carbocycles. The van der Waals surface area contributed by atoms with Gasteiger partial charge in [0.15, 0.2) is 0 Å². The maximum Gasteiger partial charge on any atom is 0.573 e. The van der Waals surface area contributed by atoms with Crippen LogP contribution in [0.2, 0.25) is 0 Å². The predicted octanol–water partition coefficient (Wildman–Crippen LogP) is 5.13. The van der Waals surface area contributed by atoms with Crippen LogP contribution >= 0.6 is 0 Å². The van der Waals surface area contributed by atoms with Gasteiger partial charge in [-0.2, -0.15) is 0 Å². The highest BCUT2D eigenvalue weighted by molar-refractivity contribution is 5.88. The van der Waals surface area contributed by atoms with Gasteiger partial charge < -0.3 is 14.8 Å². The van der Waals surface area contributed by atoms with Gasteiger partial charge in [0.25, 0.3) is 0 Å². The number of rotatable bonds is 6. The molecule has 0 unspecified atom stereocenters. The Balaban J connectivity index is 1.84. The predicted molar refractivity (Wildman–Crippen MR) is 115 cm³/mol. The average Bonchev–Trinajstić information content (AvgIpc) is 2.76. The van der Waals surface area contributed by atoms with Crippen molar-refractivity contribution in [2.45, 2.75) is 19.3 Å². The van der Waals surface area contributed by atoms with Gasteiger partial charge in [0.1, 0.15) is 11.5 Å². The molecular weight excluding hydrogens is 405 g/mol. The molecule has 7 heteroatoms. The summed E-state index contributed by atoms with van der Waals surface area (Å²) in [5.41, 5.74) is 1.93. The van der Waals surface area contributed by atoms with Crippen LogP contribution in [0.5, 0.6) is 11.5 Å². The molecule has 1 fully saturated rings. The van der Waals surface area contributed by atoms with Gasteiger partial charge in [0, 0.05) is 31.7 Å². The van der Waals surface area contributed by atoms with Gasteiger partial charge in [-0.15, -0.1) is 13.2 Å². The molecule has 1 aliphatic rings. The Morgan fingerprint density at radius 2 is 1.68 bits per heavy atom. The smallest absolute Gasteiger partial charge is 0.493 e. The first kappa shape index (κ1) is 21.5. The number of hydrogen-bond donors (Lipinski definition) is 1. The first-order valence-electron chi connectivity index (χ1n) is 10.4. The molecule has 0 aliphatic carbocycles. The Kier molecular flexibility index (Phi) is 6.34. The second-order valence-electron chi connectivity index (χ2n) is 7.44. The molecule has 0 amide bonds. The number of nitrogens with one attached hydrogen (secondary N) is 1. The first-order chi connectivity index (χ1) is 15.0. The van der Waals surface area contributed by atoms with Crippen molar-refractivity contribution in [2.24, 2.45) is 0 Å². The highest BCUT2D eigenvalue weighted by atomic mass is 19.4. The van der Waals surface area contributed by atoms with Crippen LogP contribution in [0, 0.1) is 0 Å². The molecule has 1 heterocycles. The van der Waals surface area contributed by atoms with Gasteiger partial charge in [0.05, 0.1) is 12.6 Å². The van der Waals surface area contributed by atoms with Crippen LogP contribution in [0.3, 0.4) is 0 Å². The molecular formula is C24H25F3N2O2. The third-order valence-corrected chi connectivity index (χ3v) is 5.45. The van der Waals surface area contributed by atoms with Crippen molar-refractivity contribution in [3.05, 3.63) is 71.8 Å². The van der Waals surface area contributed by atoms with E-state index in [1.165, 1.54) is 12.1 Å². The molecule has 1 atom stereocenters. The van der Waals surface area contributed by atoms with Gasteiger partial charge in [0.2, 0.25) is 0 Å². The van der Waals surface area contributed by atoms with E-state index in [4.69, 9.17) is 4.74 Å². The lowest BCUT2D eigenvalue weighted by Crippen LogP contribution is -2.45. The van der Waals surface area contributed by atoms with Crippen molar-refractivity contribution < 1.29 is 22.6 Å². The molecule has 4 rings (SSSR count). The first-order valence-corrected chi connectivity index (χ1v) is 10.4. The molecule has 4 nitrogen and oxygen atoms in total. The summed E-state index contributed by atoms with van der Waals surface area (Å²) in [5, 5.41) is 5.54. The van der Waals surface area contributed by atoms with Crippen LogP contribution < -0.4 is 14.8 Å². The molecule has 31 heavy (non-hydrogen) atoms. The van der Waals surface area contributed by atoms with Gasteiger partial charge in [-0.25, -0.2) is 0 Å². The topological polar surface area (TPSA) is 33.7 Å². The summed E-state index contributed by atoms with van der Waals surface area (Å²) in [6.07, 6.45) is -4.71. The SMILES string of the molecule is CCOc1ccc2ccccc2c1[C@@H](c1ccc(OC(F)(F)F)cc1)N1CCNCC1. The summed E-state index contributed by atoms with van der Waals surface area (Å²) < 4.78 is 47.9. The number of halogens is 3. The fourth-order valence-corrected chi connectivity index (χ4v) is 4.19. The van der Waals surface area contributed by atoms with Crippen molar-refractivity contribution in [3.8, 4) is 11.5 Å². The van der Waals surface area contributed by atoms with Crippen molar-refractivity contribution in [2.75, 3.05) is 32.8 Å². The van der Waals surface area contributed by atoms with E-state index >= 15 is 0 Å². The lowest BCUT2D eigenvalue weighted by molar-refractivity contribution is -0.274. The lowest BCUT2D eigenvalue weighted by Gasteiger charge is -2.37. The molecule has 0 spiro atoms. The summed E-state index contributed by atoms with van der Waals surface area (Å²) in [5.74, 6) is 0.568. The maximum atomic E-state index is 12.6. The van der Waals surface area contributed by atoms with Crippen LogP contribution in [0.15, 0.2) is 60.7 Å². The molecule has 1 N–H and O–H groups in total. The number of fused-ring (bicyclic) bond motifs is 1. The highest BCUT2D eigenvalue weighted by Crippen LogP contribution is 2.40. The minimum Gasteiger partial charge on any atom is -0.493 e. The zero-order valence-electron chi connectivity index (χ0n) is 17.3. The number of hydrogen-bond acceptors (Lipinski definition) is 4. The van der Waals surface area contributed by atoms with E-state index in [1.54, 1.807) is 12.1 Å². The van der Waals surface area contributed by atoms with Crippen LogP contribution in [0.25, 0.3) is 10.8 Å². The number of ether oxygens (including phenoxy) is 2. The van der Waals surface area contributed by atoms with Crippen LogP contribution in [0.1, 0.15) is 24.1 Å². The zero-order valence-corrected chi connectivity index (χ0v) is 17.3. The van der Waals surface area contributed by atoms with Crippen LogP contribution in [-0.4, -0.2) is 44.0 Å². The second-order valence-corrected chi connectivity index (χ2v) is 7.44. The lowest BCUT2D eigenvalue weighted by atomic mass is 9.91. The van der Waals surface area contributed by atoms with Gasteiger partial charge in [-0.1, -0.05) is 42.5 Å². The fourth-order valence-electron chi connectivity index (χ4n) is 4.19. The summed E-state index contributed by atoms with van der Waals surface area (Å²) in [4.78, 5) is 2.35. The molecule has 164 valence electrons. The highest BCUT2D eigenvalue weighted by Gasteiger charge is 2.32. The van der Waals surface area contributed by atoms with E-state index in [9.17, 15) is 13.2 Å². The monoisotopic (exact) mass is 430 g/mol. The van der Waals surface area contributed by atoms with Gasteiger partial charge in [-0.05, 0) is 41.5 Å². The molecule has 0 bridgehead atoms. The summed E-state index contributed by atoms with van der Waals surface area (Å²) in [7, 11) is 0. The number of nitrogens with zero attached hydrogens (tertiary/aromatic N) is 1. The molecule has 1 aliphatic heterocycles. The Morgan fingerprint density at radius 1 is 0.968 bits per heavy atom. The Bertz CT molecular complexity index is 1020. The Morgan fingerprint density at radius 3 is 2.35 bits per heavy atom. The zero-order chi connectivity index (χ0) is 21.8. The molecule has 0 aromatic heterocycles. The third kappa shape index (κ3) is 4.94. The average molecular weight is 430 g/mol. The summed E-state index contributed by atoms with van der Waals surface area (Å²) in [6.45, 7) is 5.81. The van der Waals surface area contributed by atoms with E-state index in [0.29, 0.717) is 6.61 Å². The molecule has 1 saturated heterocycles. The van der Waals surface area contributed by atoms with Gasteiger partial charge in [-0.3, -0.25) is 4.90 Å². The van der Waals surface area contributed by atoms with Gasteiger partial charge >= 0.3 is 6.36 Å². The van der Waals surface area contributed by atoms with Crippen molar-refractivity contribution in [1.82, 2.24) is 10.2 Å². The maximum absolute atomic E-state index is 12.6. The van der Waals surface area contributed by atoms with E-state index in [0.717, 1.165) is 53.8 Å². The number of alkyl halides is 3. The number of benzene rings is 3. The quantitative estimate of drug-likeness (QED) is 0.588. The van der Waals surface area contributed by atoms with Crippen LogP contribution in [0.4, 0.5) is 13.2 Å². The summed E-state index contributed by atoms with van der Waals surface area (Å²) >= 11 is 0. The third-order valence-electron chi connectivity index (χ3n) is 5.45. The Labute approximate surface area is 179 Å². The standard InChI is InChI=1S/C24H25F3N2O2/c1-2-30-21-12-9-17-5-3-4-6-20(17)22(21)23(29-15-13-28-14-16-29)18-7-10-19(11-8-18)31-24(25,26)27/h3-12,23,28H,2,13-16H2,1H3/t23-/m1/s1. The second kappa shape index (κ2) is 9.16. The number of piperazine rings is 1. The summed E-state index contributed by atoms with van der Waals surface area (Å²) in [6, 6.07) is 18.2.